The van der Waals surface area contributed by atoms with Crippen molar-refractivity contribution in [1.82, 2.24) is 4.57 Å². The first-order valence-corrected chi connectivity index (χ1v) is 8.31. The van der Waals surface area contributed by atoms with Crippen LogP contribution in [-0.2, 0) is 12.5 Å². The van der Waals surface area contributed by atoms with Gasteiger partial charge in [-0.1, -0.05) is 41.9 Å². The molecule has 0 unspecified atom stereocenters. The summed E-state index contributed by atoms with van der Waals surface area (Å²) < 4.78 is 28.9. The monoisotopic (exact) mass is 356 g/mol. The Morgan fingerprint density at radius 2 is 1.84 bits per heavy atom. The molecule has 2 nitrogen and oxygen atoms in total. The van der Waals surface area contributed by atoms with Crippen LogP contribution in [0.3, 0.4) is 0 Å². The number of fused-ring (bicyclic) bond motifs is 3. The summed E-state index contributed by atoms with van der Waals surface area (Å²) in [5.74, 6) is -2.85. The second kappa shape index (κ2) is 5.81. The normalized spacial score (nSPS) is 13.7. The molecule has 0 aliphatic carbocycles. The highest BCUT2D eigenvalue weighted by Gasteiger charge is 2.24. The molecule has 0 N–H and O–H groups in total. The Labute approximate surface area is 149 Å². The van der Waals surface area contributed by atoms with Crippen LogP contribution in [0, 0.1) is 0 Å². The third kappa shape index (κ3) is 2.87. The number of alkyl halides is 2. The van der Waals surface area contributed by atoms with Gasteiger partial charge >= 0.3 is 0 Å². The Balaban J connectivity index is 1.82. The van der Waals surface area contributed by atoms with E-state index in [9.17, 15) is 8.78 Å². The summed E-state index contributed by atoms with van der Waals surface area (Å²) in [6.07, 6.45) is 1.96. The summed E-state index contributed by atoms with van der Waals surface area (Å²) >= 11 is 6.16. The molecule has 5 heteroatoms. The lowest BCUT2D eigenvalue weighted by Crippen LogP contribution is -2.10. The van der Waals surface area contributed by atoms with Gasteiger partial charge in [-0.2, -0.15) is 0 Å². The van der Waals surface area contributed by atoms with E-state index in [0.29, 0.717) is 11.6 Å². The molecule has 1 aliphatic rings. The maximum absolute atomic E-state index is 13.5. The zero-order valence-electron chi connectivity index (χ0n) is 13.5. The fourth-order valence-electron chi connectivity index (χ4n) is 3.08. The fourth-order valence-corrected chi connectivity index (χ4v) is 3.25. The minimum Gasteiger partial charge on any atom is -0.315 e. The lowest BCUT2D eigenvalue weighted by Gasteiger charge is -2.13. The molecule has 2 heterocycles. The fraction of sp³-hybridized carbons (Fsp3) is 0.150. The van der Waals surface area contributed by atoms with Gasteiger partial charge in [-0.05, 0) is 29.8 Å². The van der Waals surface area contributed by atoms with Crippen LogP contribution in [0.4, 0.5) is 8.78 Å². The third-order valence-electron chi connectivity index (χ3n) is 4.37. The molecule has 0 atom stereocenters. The molecule has 1 aliphatic heterocycles. The predicted molar refractivity (Wildman–Crippen MR) is 96.1 cm³/mol. The van der Waals surface area contributed by atoms with E-state index in [-0.39, 0.29) is 5.56 Å². The number of halogens is 3. The number of rotatable bonds is 2. The Bertz CT molecular complexity index is 966. The zero-order valence-corrected chi connectivity index (χ0v) is 14.3. The van der Waals surface area contributed by atoms with E-state index < -0.39 is 5.92 Å². The van der Waals surface area contributed by atoms with Gasteiger partial charge in [-0.15, -0.1) is 0 Å². The van der Waals surface area contributed by atoms with E-state index in [1.54, 1.807) is 12.1 Å². The van der Waals surface area contributed by atoms with Crippen LogP contribution in [0.15, 0.2) is 65.8 Å². The molecule has 25 heavy (non-hydrogen) atoms. The molecule has 0 spiro atoms. The van der Waals surface area contributed by atoms with Crippen LogP contribution in [0.1, 0.15) is 29.3 Å². The minimum absolute atomic E-state index is 0.00378. The van der Waals surface area contributed by atoms with Gasteiger partial charge in [0.2, 0.25) is 0 Å². The van der Waals surface area contributed by atoms with Gasteiger partial charge in [-0.25, -0.2) is 8.78 Å². The second-order valence-electron chi connectivity index (χ2n) is 6.17. The molecular formula is C20H15ClF2N2. The van der Waals surface area contributed by atoms with Crippen molar-refractivity contribution in [1.29, 1.82) is 0 Å². The standard InChI is InChI=1S/C20H15ClF2N2/c1-20(22,23)15-7-4-13(5-8-15)19-17-3-2-10-25(17)18-11-16(21)9-6-14(18)12-24-19/h2-11H,12H2,1H3. The summed E-state index contributed by atoms with van der Waals surface area (Å²) in [6.45, 7) is 1.41. The molecule has 126 valence electrons. The summed E-state index contributed by atoms with van der Waals surface area (Å²) in [6, 6.07) is 16.0. The number of aliphatic imine (C=N–C) groups is 1. The Morgan fingerprint density at radius 3 is 2.56 bits per heavy atom. The van der Waals surface area contributed by atoms with Crippen LogP contribution < -0.4 is 0 Å². The lowest BCUT2D eigenvalue weighted by molar-refractivity contribution is 0.0175. The predicted octanol–water partition coefficient (Wildman–Crippen LogP) is 5.59. The van der Waals surface area contributed by atoms with Crippen LogP contribution in [-0.4, -0.2) is 10.3 Å². The van der Waals surface area contributed by atoms with Crippen molar-refractivity contribution in [3.05, 3.63) is 88.2 Å². The van der Waals surface area contributed by atoms with E-state index in [4.69, 9.17) is 16.6 Å². The number of nitrogens with zero attached hydrogens (tertiary/aromatic N) is 2. The molecule has 0 radical (unpaired) electrons. The second-order valence-corrected chi connectivity index (χ2v) is 6.60. The van der Waals surface area contributed by atoms with Crippen molar-refractivity contribution in [2.45, 2.75) is 19.4 Å². The molecule has 0 bridgehead atoms. The third-order valence-corrected chi connectivity index (χ3v) is 4.61. The Kier molecular flexibility index (Phi) is 3.73. The molecular weight excluding hydrogens is 342 g/mol. The first-order chi connectivity index (χ1) is 11.9. The maximum Gasteiger partial charge on any atom is 0.270 e. The molecule has 0 fully saturated rings. The van der Waals surface area contributed by atoms with Crippen molar-refractivity contribution in [3.63, 3.8) is 0 Å². The quantitative estimate of drug-likeness (QED) is 0.569. The average molecular weight is 357 g/mol. The SMILES string of the molecule is CC(F)(F)c1ccc(C2=NCc3ccc(Cl)cc3-n3cccc32)cc1. The van der Waals surface area contributed by atoms with Gasteiger partial charge < -0.3 is 4.57 Å². The maximum atomic E-state index is 13.5. The zero-order chi connectivity index (χ0) is 17.6. The first kappa shape index (κ1) is 16.0. The summed E-state index contributed by atoms with van der Waals surface area (Å²) in [5.41, 5.74) is 4.56. The van der Waals surface area contributed by atoms with Crippen LogP contribution in [0.25, 0.3) is 5.69 Å². The molecule has 0 amide bonds. The van der Waals surface area contributed by atoms with Crippen LogP contribution in [0.2, 0.25) is 5.02 Å². The van der Waals surface area contributed by atoms with E-state index in [2.05, 4.69) is 0 Å². The highest BCUT2D eigenvalue weighted by Crippen LogP contribution is 2.30. The largest absolute Gasteiger partial charge is 0.315 e. The van der Waals surface area contributed by atoms with E-state index in [0.717, 1.165) is 35.1 Å². The van der Waals surface area contributed by atoms with Gasteiger partial charge in [0.15, 0.2) is 0 Å². The summed E-state index contributed by atoms with van der Waals surface area (Å²) in [4.78, 5) is 4.74. The van der Waals surface area contributed by atoms with E-state index >= 15 is 0 Å². The number of hydrogen-bond donors (Lipinski definition) is 0. The number of aromatic nitrogens is 1. The first-order valence-electron chi connectivity index (χ1n) is 7.93. The van der Waals surface area contributed by atoms with E-state index in [1.807, 2.05) is 41.1 Å². The van der Waals surface area contributed by atoms with Crippen molar-refractivity contribution < 1.29 is 8.78 Å². The van der Waals surface area contributed by atoms with Crippen molar-refractivity contribution in [2.75, 3.05) is 0 Å². The summed E-state index contributed by atoms with van der Waals surface area (Å²) in [7, 11) is 0. The lowest BCUT2D eigenvalue weighted by atomic mass is 10.0. The molecule has 0 saturated heterocycles. The highest BCUT2D eigenvalue weighted by molar-refractivity contribution is 6.30. The van der Waals surface area contributed by atoms with Crippen LogP contribution in [0.5, 0.6) is 0 Å². The minimum atomic E-state index is -2.85. The van der Waals surface area contributed by atoms with E-state index in [1.165, 1.54) is 12.1 Å². The van der Waals surface area contributed by atoms with Gasteiger partial charge in [0, 0.05) is 29.3 Å². The smallest absolute Gasteiger partial charge is 0.270 e. The van der Waals surface area contributed by atoms with Gasteiger partial charge in [-0.3, -0.25) is 4.99 Å². The molecule has 3 aromatic rings. The van der Waals surface area contributed by atoms with Gasteiger partial charge in [0.25, 0.3) is 5.92 Å². The van der Waals surface area contributed by atoms with Crippen LogP contribution >= 0.6 is 11.6 Å². The number of hydrogen-bond acceptors (Lipinski definition) is 1. The molecule has 2 aromatic carbocycles. The van der Waals surface area contributed by atoms with Crippen molar-refractivity contribution in [3.8, 4) is 5.69 Å². The van der Waals surface area contributed by atoms with Crippen molar-refractivity contribution in [2.24, 2.45) is 4.99 Å². The highest BCUT2D eigenvalue weighted by atomic mass is 35.5. The van der Waals surface area contributed by atoms with Gasteiger partial charge in [0.1, 0.15) is 0 Å². The Morgan fingerprint density at radius 1 is 1.08 bits per heavy atom. The van der Waals surface area contributed by atoms with Crippen molar-refractivity contribution >= 4 is 17.3 Å². The number of benzene rings is 2. The average Bonchev–Trinajstić information content (AvgIpc) is 3.00. The molecule has 1 aromatic heterocycles. The Hall–Kier alpha value is -2.46. The topological polar surface area (TPSA) is 17.3 Å². The van der Waals surface area contributed by atoms with Gasteiger partial charge in [0.05, 0.1) is 23.6 Å². The molecule has 4 rings (SSSR count). The molecule has 0 saturated carbocycles. The summed E-state index contributed by atoms with van der Waals surface area (Å²) in [5, 5.41) is 0.663.